The fourth-order valence-electron chi connectivity index (χ4n) is 3.17. The first-order valence-corrected chi connectivity index (χ1v) is 9.50. The second kappa shape index (κ2) is 7.54. The van der Waals surface area contributed by atoms with Crippen molar-refractivity contribution in [2.45, 2.75) is 32.0 Å². The molecule has 2 aromatic rings. The van der Waals surface area contributed by atoms with Gasteiger partial charge in [0.05, 0.1) is 11.1 Å². The van der Waals surface area contributed by atoms with Gasteiger partial charge in [0.2, 0.25) is 0 Å². The summed E-state index contributed by atoms with van der Waals surface area (Å²) in [5.41, 5.74) is -1.05. The summed E-state index contributed by atoms with van der Waals surface area (Å²) in [6, 6.07) is 4.07. The number of carboxylic acid groups (broad SMARTS) is 1. The summed E-state index contributed by atoms with van der Waals surface area (Å²) in [5.74, 6) is 0. The third-order valence-corrected chi connectivity index (χ3v) is 5.48. The number of thiazole rings is 1. The Morgan fingerprint density at radius 1 is 1.28 bits per heavy atom. The first-order chi connectivity index (χ1) is 13.5. The molecule has 156 valence electrons. The Balaban J connectivity index is 1.86. The molecule has 0 radical (unpaired) electrons. The minimum Gasteiger partial charge on any atom is -0.465 e. The van der Waals surface area contributed by atoms with Gasteiger partial charge in [-0.2, -0.15) is 18.2 Å². The second-order valence-electron chi connectivity index (χ2n) is 7.10. The van der Waals surface area contributed by atoms with Crippen LogP contribution in [-0.2, 0) is 6.18 Å². The van der Waals surface area contributed by atoms with Crippen LogP contribution in [0.1, 0.15) is 23.8 Å². The normalized spacial score (nSPS) is 20.2. The van der Waals surface area contributed by atoms with Crippen molar-refractivity contribution in [3.63, 3.8) is 0 Å². The van der Waals surface area contributed by atoms with Gasteiger partial charge < -0.3 is 15.3 Å². The van der Waals surface area contributed by atoms with Crippen molar-refractivity contribution in [1.82, 2.24) is 14.8 Å². The number of halogens is 3. The molecule has 3 rings (SSSR count). The van der Waals surface area contributed by atoms with Crippen molar-refractivity contribution in [2.75, 3.05) is 13.1 Å². The Morgan fingerprint density at radius 3 is 2.52 bits per heavy atom. The molecule has 11 heteroatoms. The van der Waals surface area contributed by atoms with Gasteiger partial charge in [0.25, 0.3) is 0 Å². The lowest BCUT2D eigenvalue weighted by Crippen LogP contribution is -2.47. The van der Waals surface area contributed by atoms with Crippen LogP contribution in [0.25, 0.3) is 5.69 Å². The van der Waals surface area contributed by atoms with Gasteiger partial charge in [-0.15, -0.1) is 11.3 Å². The summed E-state index contributed by atoms with van der Waals surface area (Å²) < 4.78 is 39.9. The number of urea groups is 1. The molecule has 3 amide bonds. The molecule has 1 aromatic heterocycles. The largest absolute Gasteiger partial charge is 0.465 e. The van der Waals surface area contributed by atoms with Gasteiger partial charge in [0.15, 0.2) is 4.80 Å². The minimum atomic E-state index is -4.43. The zero-order chi connectivity index (χ0) is 21.4. The standard InChI is InChI=1S/C18H19F3N4O3S/c1-11-9-25(13-5-3-12(4-6-13)18(19,20)21)15(29-11)22-14(26)24-8-7-17(2,10-24)23-16(27)28/h3-6,9,23H,7-8,10H2,1-2H3,(H,27,28)/b22-15-/t17-/m1/s1. The SMILES string of the molecule is Cc1cn(-c2ccc(C(F)(F)F)cc2)/c(=N/C(=O)N2CC[C@@](C)(NC(=O)O)C2)s1. The molecule has 0 saturated carbocycles. The first-order valence-electron chi connectivity index (χ1n) is 8.68. The van der Waals surface area contributed by atoms with Gasteiger partial charge in [-0.3, -0.25) is 4.57 Å². The average Bonchev–Trinajstić information content (AvgIpc) is 3.16. The van der Waals surface area contributed by atoms with Crippen LogP contribution in [0.2, 0.25) is 0 Å². The maximum absolute atomic E-state index is 12.8. The number of carbonyl (C=O) groups is 2. The zero-order valence-corrected chi connectivity index (χ0v) is 16.5. The molecular formula is C18H19F3N4O3S. The van der Waals surface area contributed by atoms with E-state index in [-0.39, 0.29) is 6.54 Å². The van der Waals surface area contributed by atoms with E-state index in [0.29, 0.717) is 23.5 Å². The van der Waals surface area contributed by atoms with E-state index in [9.17, 15) is 22.8 Å². The molecule has 0 aliphatic carbocycles. The predicted molar refractivity (Wildman–Crippen MR) is 100 cm³/mol. The molecule has 1 aromatic carbocycles. The zero-order valence-electron chi connectivity index (χ0n) is 15.7. The highest BCUT2D eigenvalue weighted by Crippen LogP contribution is 2.29. The lowest BCUT2D eigenvalue weighted by Gasteiger charge is -2.23. The molecule has 1 aliphatic heterocycles. The second-order valence-corrected chi connectivity index (χ2v) is 8.31. The van der Waals surface area contributed by atoms with Crippen molar-refractivity contribution >= 4 is 23.5 Å². The topological polar surface area (TPSA) is 86.9 Å². The number of nitrogens with zero attached hydrogens (tertiary/aromatic N) is 3. The minimum absolute atomic E-state index is 0.187. The van der Waals surface area contributed by atoms with Crippen LogP contribution in [0.5, 0.6) is 0 Å². The third-order valence-electron chi connectivity index (χ3n) is 4.59. The summed E-state index contributed by atoms with van der Waals surface area (Å²) in [6.45, 7) is 4.06. The summed E-state index contributed by atoms with van der Waals surface area (Å²) in [7, 11) is 0. The highest BCUT2D eigenvalue weighted by molar-refractivity contribution is 7.09. The van der Waals surface area contributed by atoms with Crippen LogP contribution in [0.3, 0.4) is 0 Å². The number of carbonyl (C=O) groups excluding carboxylic acids is 1. The van der Waals surface area contributed by atoms with Crippen molar-refractivity contribution in [3.8, 4) is 5.69 Å². The molecule has 0 bridgehead atoms. The summed E-state index contributed by atoms with van der Waals surface area (Å²) in [5, 5.41) is 11.3. The summed E-state index contributed by atoms with van der Waals surface area (Å²) >= 11 is 1.23. The van der Waals surface area contributed by atoms with Crippen molar-refractivity contribution in [2.24, 2.45) is 4.99 Å². The molecule has 29 heavy (non-hydrogen) atoms. The fourth-order valence-corrected chi connectivity index (χ4v) is 3.99. The van der Waals surface area contributed by atoms with Gasteiger partial charge >= 0.3 is 18.3 Å². The van der Waals surface area contributed by atoms with E-state index in [4.69, 9.17) is 5.11 Å². The summed E-state index contributed by atoms with van der Waals surface area (Å²) in [6.07, 6.45) is -3.43. The molecule has 1 atom stereocenters. The van der Waals surface area contributed by atoms with Crippen LogP contribution >= 0.6 is 11.3 Å². The number of benzene rings is 1. The van der Waals surface area contributed by atoms with Crippen LogP contribution in [0.15, 0.2) is 35.5 Å². The smallest absolute Gasteiger partial charge is 0.416 e. The number of rotatable bonds is 2. The highest BCUT2D eigenvalue weighted by atomic mass is 32.1. The molecule has 1 aliphatic rings. The number of hydrogen-bond acceptors (Lipinski definition) is 3. The molecule has 1 fully saturated rings. The van der Waals surface area contributed by atoms with E-state index in [1.54, 1.807) is 24.6 Å². The number of likely N-dealkylation sites (tertiary alicyclic amines) is 1. The summed E-state index contributed by atoms with van der Waals surface area (Å²) in [4.78, 5) is 30.2. The quantitative estimate of drug-likeness (QED) is 0.766. The number of amides is 3. The molecular weight excluding hydrogens is 409 g/mol. The van der Waals surface area contributed by atoms with E-state index in [2.05, 4.69) is 10.3 Å². The number of aryl methyl sites for hydroxylation is 1. The Kier molecular flexibility index (Phi) is 5.44. The predicted octanol–water partition coefficient (Wildman–Crippen LogP) is 3.62. The van der Waals surface area contributed by atoms with Gasteiger partial charge in [-0.25, -0.2) is 9.59 Å². The molecule has 2 N–H and O–H groups in total. The number of hydrogen-bond donors (Lipinski definition) is 2. The van der Waals surface area contributed by atoms with Crippen LogP contribution in [-0.4, -0.2) is 45.3 Å². The molecule has 2 heterocycles. The van der Waals surface area contributed by atoms with Gasteiger partial charge in [0.1, 0.15) is 0 Å². The number of aromatic nitrogens is 1. The van der Waals surface area contributed by atoms with Crippen molar-refractivity contribution in [1.29, 1.82) is 0 Å². The van der Waals surface area contributed by atoms with E-state index >= 15 is 0 Å². The van der Waals surface area contributed by atoms with Gasteiger partial charge in [0, 0.05) is 29.9 Å². The van der Waals surface area contributed by atoms with E-state index in [1.165, 1.54) is 28.4 Å². The molecule has 7 nitrogen and oxygen atoms in total. The lowest BCUT2D eigenvalue weighted by molar-refractivity contribution is -0.137. The van der Waals surface area contributed by atoms with Crippen LogP contribution < -0.4 is 10.1 Å². The third kappa shape index (κ3) is 4.78. The van der Waals surface area contributed by atoms with Gasteiger partial charge in [-0.1, -0.05) is 0 Å². The average molecular weight is 428 g/mol. The van der Waals surface area contributed by atoms with E-state index < -0.39 is 29.4 Å². The molecule has 0 spiro atoms. The molecule has 0 unspecified atom stereocenters. The Bertz CT molecular complexity index is 997. The Labute approximate surface area is 168 Å². The fraction of sp³-hybridized carbons (Fsp3) is 0.389. The van der Waals surface area contributed by atoms with E-state index in [0.717, 1.165) is 17.0 Å². The van der Waals surface area contributed by atoms with Crippen molar-refractivity contribution in [3.05, 3.63) is 45.7 Å². The number of nitrogens with one attached hydrogen (secondary N) is 1. The maximum Gasteiger partial charge on any atom is 0.416 e. The van der Waals surface area contributed by atoms with Crippen LogP contribution in [0.4, 0.5) is 22.8 Å². The lowest BCUT2D eigenvalue weighted by atomic mass is 10.0. The van der Waals surface area contributed by atoms with Gasteiger partial charge in [-0.05, 0) is 44.5 Å². The highest BCUT2D eigenvalue weighted by Gasteiger charge is 2.37. The van der Waals surface area contributed by atoms with Crippen molar-refractivity contribution < 1.29 is 27.9 Å². The first kappa shape index (κ1) is 20.9. The van der Waals surface area contributed by atoms with E-state index in [1.807, 2.05) is 0 Å². The maximum atomic E-state index is 12.8. The monoisotopic (exact) mass is 428 g/mol. The molecule has 1 saturated heterocycles. The number of alkyl halides is 3. The van der Waals surface area contributed by atoms with Crippen LogP contribution in [0, 0.1) is 6.92 Å². The Morgan fingerprint density at radius 2 is 1.93 bits per heavy atom. The Hall–Kier alpha value is -2.82.